The largest absolute Gasteiger partial charge is 0.442 e. The fourth-order valence-corrected chi connectivity index (χ4v) is 0.992. The van der Waals surface area contributed by atoms with E-state index < -0.39 is 0 Å². The van der Waals surface area contributed by atoms with E-state index in [9.17, 15) is 4.79 Å². The molecule has 0 radical (unpaired) electrons. The van der Waals surface area contributed by atoms with Gasteiger partial charge in [0.2, 0.25) is 0 Å². The van der Waals surface area contributed by atoms with Crippen molar-refractivity contribution in [3.8, 4) is 0 Å². The van der Waals surface area contributed by atoms with Gasteiger partial charge in [-0.25, -0.2) is 4.99 Å². The Morgan fingerprint density at radius 2 is 1.93 bits per heavy atom. The summed E-state index contributed by atoms with van der Waals surface area (Å²) < 4.78 is 4.77. The summed E-state index contributed by atoms with van der Waals surface area (Å²) in [5.74, 6) is -0.450. The zero-order chi connectivity index (χ0) is 11.1. The molecule has 4 N–H and O–H groups in total. The lowest BCUT2D eigenvalue weighted by Gasteiger charge is -2.01. The molecule has 0 aromatic heterocycles. The second-order valence-corrected chi connectivity index (χ2v) is 2.89. The van der Waals surface area contributed by atoms with Crippen molar-refractivity contribution in [1.29, 1.82) is 0 Å². The Morgan fingerprint density at radius 1 is 1.27 bits per heavy atom. The summed E-state index contributed by atoms with van der Waals surface area (Å²) in [6.45, 7) is -0.131. The van der Waals surface area contributed by atoms with Crippen LogP contribution in [-0.4, -0.2) is 18.7 Å². The number of rotatable bonds is 4. The number of guanidine groups is 1. The average molecular weight is 207 g/mol. The zero-order valence-corrected chi connectivity index (χ0v) is 8.22. The molecule has 0 saturated heterocycles. The summed E-state index contributed by atoms with van der Waals surface area (Å²) in [7, 11) is 0. The topological polar surface area (TPSA) is 90.7 Å². The number of benzene rings is 1. The van der Waals surface area contributed by atoms with Crippen molar-refractivity contribution in [3.05, 3.63) is 35.9 Å². The maximum atomic E-state index is 11.2. The Balaban J connectivity index is 2.34. The van der Waals surface area contributed by atoms with Crippen LogP contribution < -0.4 is 11.5 Å². The summed E-state index contributed by atoms with van der Waals surface area (Å²) in [6, 6.07) is 9.30. The van der Waals surface area contributed by atoms with Crippen LogP contribution in [0.1, 0.15) is 5.56 Å². The number of nitrogens with two attached hydrogens (primary N) is 2. The Morgan fingerprint density at radius 3 is 2.53 bits per heavy atom. The number of esters is 1. The number of carbonyl (C=O) groups excluding carboxylic acids is 1. The standard InChI is InChI=1S/C10H13N3O2/c11-10(12)13-7-15-9(14)6-8-4-2-1-3-5-8/h1-5H,6-7H2,(H4,11,12,13). The van der Waals surface area contributed by atoms with Gasteiger partial charge in [-0.15, -0.1) is 0 Å². The molecule has 15 heavy (non-hydrogen) atoms. The van der Waals surface area contributed by atoms with Crippen LogP contribution in [0, 0.1) is 0 Å². The fourth-order valence-electron chi connectivity index (χ4n) is 0.992. The molecule has 0 bridgehead atoms. The molecular weight excluding hydrogens is 194 g/mol. The van der Waals surface area contributed by atoms with Gasteiger partial charge in [-0.1, -0.05) is 30.3 Å². The molecular formula is C10H13N3O2. The van der Waals surface area contributed by atoms with Crippen molar-refractivity contribution in [2.75, 3.05) is 6.73 Å². The third kappa shape index (κ3) is 4.66. The van der Waals surface area contributed by atoms with Crippen molar-refractivity contribution in [1.82, 2.24) is 0 Å². The van der Waals surface area contributed by atoms with E-state index in [1.54, 1.807) is 0 Å². The van der Waals surface area contributed by atoms with Crippen LogP contribution in [0.4, 0.5) is 0 Å². The summed E-state index contributed by atoms with van der Waals surface area (Å²) in [6.07, 6.45) is 0.223. The van der Waals surface area contributed by atoms with Crippen LogP contribution in [0.25, 0.3) is 0 Å². The number of ether oxygens (including phenoxy) is 1. The molecule has 80 valence electrons. The third-order valence-corrected chi connectivity index (χ3v) is 1.66. The van der Waals surface area contributed by atoms with E-state index in [-0.39, 0.29) is 25.1 Å². The van der Waals surface area contributed by atoms with Crippen LogP contribution in [0.3, 0.4) is 0 Å². The van der Waals surface area contributed by atoms with E-state index in [0.29, 0.717) is 0 Å². The van der Waals surface area contributed by atoms with Crippen LogP contribution in [-0.2, 0) is 16.0 Å². The van der Waals surface area contributed by atoms with Gasteiger partial charge in [0.05, 0.1) is 6.42 Å². The summed E-state index contributed by atoms with van der Waals surface area (Å²) in [4.78, 5) is 14.8. The van der Waals surface area contributed by atoms with Gasteiger partial charge in [0, 0.05) is 0 Å². The Bertz CT molecular complexity index is 345. The molecule has 0 fully saturated rings. The Kier molecular flexibility index (Phi) is 4.15. The molecule has 0 heterocycles. The van der Waals surface area contributed by atoms with E-state index in [1.165, 1.54) is 0 Å². The minimum absolute atomic E-state index is 0.0949. The fraction of sp³-hybridized carbons (Fsp3) is 0.200. The van der Waals surface area contributed by atoms with Gasteiger partial charge in [0.25, 0.3) is 0 Å². The van der Waals surface area contributed by atoms with Crippen LogP contribution in [0.5, 0.6) is 0 Å². The van der Waals surface area contributed by atoms with Crippen molar-refractivity contribution < 1.29 is 9.53 Å². The third-order valence-electron chi connectivity index (χ3n) is 1.66. The van der Waals surface area contributed by atoms with Gasteiger partial charge in [0.15, 0.2) is 12.7 Å². The lowest BCUT2D eigenvalue weighted by Crippen LogP contribution is -2.23. The molecule has 0 saturated carbocycles. The van der Waals surface area contributed by atoms with E-state index in [1.807, 2.05) is 30.3 Å². The van der Waals surface area contributed by atoms with Gasteiger partial charge < -0.3 is 16.2 Å². The molecule has 1 aromatic rings. The number of carbonyl (C=O) groups is 1. The van der Waals surface area contributed by atoms with E-state index in [4.69, 9.17) is 16.2 Å². The molecule has 5 nitrogen and oxygen atoms in total. The summed E-state index contributed by atoms with van der Waals surface area (Å²) in [5.41, 5.74) is 11.0. The van der Waals surface area contributed by atoms with Gasteiger partial charge in [-0.3, -0.25) is 4.79 Å². The quantitative estimate of drug-likeness (QED) is 0.413. The van der Waals surface area contributed by atoms with Gasteiger partial charge in [-0.05, 0) is 5.56 Å². The van der Waals surface area contributed by atoms with Crippen molar-refractivity contribution >= 4 is 11.9 Å². The normalized spacial score (nSPS) is 9.33. The first kappa shape index (κ1) is 11.0. The molecule has 5 heteroatoms. The SMILES string of the molecule is NC(N)=NCOC(=O)Cc1ccccc1. The lowest BCUT2D eigenvalue weighted by atomic mass is 10.2. The van der Waals surface area contributed by atoms with E-state index in [0.717, 1.165) is 5.56 Å². The molecule has 1 aromatic carbocycles. The number of hydrogen-bond donors (Lipinski definition) is 2. The van der Waals surface area contributed by atoms with Crippen molar-refractivity contribution in [2.45, 2.75) is 6.42 Å². The minimum atomic E-state index is -0.355. The van der Waals surface area contributed by atoms with Crippen LogP contribution in [0.2, 0.25) is 0 Å². The molecule has 0 unspecified atom stereocenters. The minimum Gasteiger partial charge on any atom is -0.442 e. The van der Waals surface area contributed by atoms with Crippen LogP contribution in [0.15, 0.2) is 35.3 Å². The highest BCUT2D eigenvalue weighted by Crippen LogP contribution is 2.00. The van der Waals surface area contributed by atoms with Crippen molar-refractivity contribution in [3.63, 3.8) is 0 Å². The average Bonchev–Trinajstić information content (AvgIpc) is 2.18. The summed E-state index contributed by atoms with van der Waals surface area (Å²) >= 11 is 0. The smallest absolute Gasteiger partial charge is 0.312 e. The summed E-state index contributed by atoms with van der Waals surface area (Å²) in [5, 5.41) is 0. The van der Waals surface area contributed by atoms with Crippen molar-refractivity contribution in [2.24, 2.45) is 16.5 Å². The Labute approximate surface area is 87.7 Å². The second kappa shape index (κ2) is 5.64. The molecule has 0 aliphatic heterocycles. The first-order valence-corrected chi connectivity index (χ1v) is 4.43. The molecule has 0 aliphatic rings. The number of nitrogens with zero attached hydrogens (tertiary/aromatic N) is 1. The maximum Gasteiger partial charge on any atom is 0.312 e. The van der Waals surface area contributed by atoms with E-state index in [2.05, 4.69) is 4.99 Å². The molecule has 0 atom stereocenters. The molecule has 0 amide bonds. The highest BCUT2D eigenvalue weighted by molar-refractivity contribution is 5.76. The number of hydrogen-bond acceptors (Lipinski definition) is 3. The highest BCUT2D eigenvalue weighted by atomic mass is 16.5. The zero-order valence-electron chi connectivity index (χ0n) is 8.22. The van der Waals surface area contributed by atoms with Gasteiger partial charge >= 0.3 is 5.97 Å². The number of aliphatic imine (C=N–C) groups is 1. The first-order chi connectivity index (χ1) is 7.18. The monoisotopic (exact) mass is 207 g/mol. The second-order valence-electron chi connectivity index (χ2n) is 2.89. The van der Waals surface area contributed by atoms with Gasteiger partial charge in [0.1, 0.15) is 0 Å². The predicted molar refractivity (Wildman–Crippen MR) is 56.9 cm³/mol. The van der Waals surface area contributed by atoms with E-state index >= 15 is 0 Å². The molecule has 0 spiro atoms. The predicted octanol–water partition coefficient (Wildman–Crippen LogP) is 0.00320. The highest BCUT2D eigenvalue weighted by Gasteiger charge is 2.02. The van der Waals surface area contributed by atoms with Crippen LogP contribution >= 0.6 is 0 Å². The maximum absolute atomic E-state index is 11.2. The lowest BCUT2D eigenvalue weighted by molar-refractivity contribution is -0.142. The first-order valence-electron chi connectivity index (χ1n) is 4.43. The van der Waals surface area contributed by atoms with Gasteiger partial charge in [-0.2, -0.15) is 0 Å². The molecule has 1 rings (SSSR count). The molecule has 0 aliphatic carbocycles. The Hall–Kier alpha value is -2.04.